The van der Waals surface area contributed by atoms with Gasteiger partial charge in [0.05, 0.1) is 24.9 Å². The van der Waals surface area contributed by atoms with Crippen molar-refractivity contribution >= 4 is 33.7 Å². The predicted molar refractivity (Wildman–Crippen MR) is 118 cm³/mol. The Morgan fingerprint density at radius 3 is 2.18 bits per heavy atom. The average Bonchev–Trinajstić information content (AvgIpc) is 2.74. The highest BCUT2D eigenvalue weighted by Gasteiger charge is 2.17. The van der Waals surface area contributed by atoms with Crippen molar-refractivity contribution < 1.29 is 9.53 Å². The zero-order valence-electron chi connectivity index (χ0n) is 15.7. The van der Waals surface area contributed by atoms with Crippen molar-refractivity contribution in [2.75, 3.05) is 18.6 Å². The van der Waals surface area contributed by atoms with Gasteiger partial charge in [0.25, 0.3) is 0 Å². The number of hydrogen-bond acceptors (Lipinski definition) is 3. The fourth-order valence-electron chi connectivity index (χ4n) is 2.99. The van der Waals surface area contributed by atoms with Gasteiger partial charge in [-0.3, -0.25) is 0 Å². The third-order valence-electron chi connectivity index (χ3n) is 4.36. The van der Waals surface area contributed by atoms with E-state index in [1.54, 1.807) is 0 Å². The van der Waals surface area contributed by atoms with Gasteiger partial charge in [0.1, 0.15) is 0 Å². The Labute approximate surface area is 174 Å². The monoisotopic (exact) mass is 435 g/mol. The van der Waals surface area contributed by atoms with E-state index in [0.717, 1.165) is 15.7 Å². The van der Waals surface area contributed by atoms with Crippen LogP contribution in [0.15, 0.2) is 95.0 Å². The zero-order chi connectivity index (χ0) is 19.8. The summed E-state index contributed by atoms with van der Waals surface area (Å²) in [5, 5.41) is 0. The van der Waals surface area contributed by atoms with Gasteiger partial charge in [-0.2, -0.15) is 0 Å². The number of methoxy groups -OCH3 is 1. The maximum absolute atomic E-state index is 12.5. The van der Waals surface area contributed by atoms with Crippen molar-refractivity contribution in [3.8, 4) is 0 Å². The van der Waals surface area contributed by atoms with E-state index in [-0.39, 0.29) is 5.97 Å². The molecule has 0 N–H and O–H groups in total. The predicted octanol–water partition coefficient (Wildman–Crippen LogP) is 5.71. The van der Waals surface area contributed by atoms with E-state index in [4.69, 9.17) is 4.74 Å². The summed E-state index contributed by atoms with van der Waals surface area (Å²) in [5.74, 6) is -0.325. The van der Waals surface area contributed by atoms with E-state index in [0.29, 0.717) is 18.7 Å². The molecule has 3 rings (SSSR count). The number of hydrogen-bond donors (Lipinski definition) is 0. The van der Waals surface area contributed by atoms with Gasteiger partial charge in [-0.25, -0.2) is 4.79 Å². The third-order valence-corrected chi connectivity index (χ3v) is 5.03. The molecule has 0 heterocycles. The first kappa shape index (κ1) is 19.9. The molecule has 0 aliphatic carbocycles. The second-order valence-electron chi connectivity index (χ2n) is 6.36. The van der Waals surface area contributed by atoms with E-state index in [1.807, 2.05) is 78.9 Å². The molecule has 0 aliphatic heterocycles. The smallest absolute Gasteiger partial charge is 0.335 e. The van der Waals surface area contributed by atoms with Crippen molar-refractivity contribution in [3.63, 3.8) is 0 Å². The van der Waals surface area contributed by atoms with Crippen molar-refractivity contribution in [2.45, 2.75) is 6.54 Å². The topological polar surface area (TPSA) is 29.5 Å². The van der Waals surface area contributed by atoms with Gasteiger partial charge in [0.2, 0.25) is 0 Å². The molecular formula is C24H22BrNO2. The van der Waals surface area contributed by atoms with Crippen molar-refractivity contribution in [2.24, 2.45) is 0 Å². The Morgan fingerprint density at radius 1 is 0.929 bits per heavy atom. The van der Waals surface area contributed by atoms with Crippen LogP contribution in [0.25, 0.3) is 6.08 Å². The first-order valence-corrected chi connectivity index (χ1v) is 9.84. The lowest BCUT2D eigenvalue weighted by Gasteiger charge is -2.27. The molecule has 3 aromatic rings. The molecule has 0 radical (unpaired) electrons. The Balaban J connectivity index is 1.97. The highest BCUT2D eigenvalue weighted by molar-refractivity contribution is 9.10. The Bertz CT molecular complexity index is 939. The lowest BCUT2D eigenvalue weighted by Crippen LogP contribution is -2.28. The molecule has 142 valence electrons. The van der Waals surface area contributed by atoms with E-state index >= 15 is 0 Å². The summed E-state index contributed by atoms with van der Waals surface area (Å²) >= 11 is 3.64. The second-order valence-corrected chi connectivity index (χ2v) is 7.22. The quantitative estimate of drug-likeness (QED) is 0.351. The maximum atomic E-state index is 12.5. The van der Waals surface area contributed by atoms with Crippen LogP contribution in [0.2, 0.25) is 0 Å². The van der Waals surface area contributed by atoms with Gasteiger partial charge < -0.3 is 9.64 Å². The summed E-state index contributed by atoms with van der Waals surface area (Å²) < 4.78 is 6.04. The second kappa shape index (κ2) is 9.90. The van der Waals surface area contributed by atoms with Crippen molar-refractivity contribution in [1.29, 1.82) is 0 Å². The largest absolute Gasteiger partial charge is 0.466 e. The molecular weight excluding hydrogens is 414 g/mol. The number of ether oxygens (including phenoxy) is 1. The van der Waals surface area contributed by atoms with Crippen molar-refractivity contribution in [1.82, 2.24) is 0 Å². The molecule has 0 saturated carbocycles. The summed E-state index contributed by atoms with van der Waals surface area (Å²) in [6.45, 7) is 1.10. The van der Waals surface area contributed by atoms with Crippen molar-refractivity contribution in [3.05, 3.63) is 106 Å². The number of rotatable bonds is 7. The first-order valence-electron chi connectivity index (χ1n) is 9.04. The molecule has 0 amide bonds. The number of nitrogens with zero attached hydrogens (tertiary/aromatic N) is 1. The number of carbonyl (C=O) groups excluding carboxylic acids is 1. The molecule has 0 bridgehead atoms. The van der Waals surface area contributed by atoms with Crippen LogP contribution < -0.4 is 4.90 Å². The molecule has 0 fully saturated rings. The number of benzene rings is 3. The third kappa shape index (κ3) is 5.33. The van der Waals surface area contributed by atoms with Crippen LogP contribution in [-0.4, -0.2) is 19.6 Å². The van der Waals surface area contributed by atoms with Gasteiger partial charge in [-0.05, 0) is 45.3 Å². The number of para-hydroxylation sites is 1. The minimum Gasteiger partial charge on any atom is -0.466 e. The minimum atomic E-state index is -0.325. The average molecular weight is 436 g/mol. The molecule has 0 aromatic heterocycles. The fourth-order valence-corrected chi connectivity index (χ4v) is 3.53. The molecule has 0 saturated heterocycles. The van der Waals surface area contributed by atoms with Gasteiger partial charge >= 0.3 is 5.97 Å². The summed E-state index contributed by atoms with van der Waals surface area (Å²) in [5.41, 5.74) is 3.76. The Hall–Kier alpha value is -2.85. The van der Waals surface area contributed by atoms with Crippen LogP contribution in [0.1, 0.15) is 11.1 Å². The molecule has 0 aliphatic rings. The van der Waals surface area contributed by atoms with Crippen LogP contribution in [0.4, 0.5) is 5.69 Å². The van der Waals surface area contributed by atoms with Gasteiger partial charge in [-0.15, -0.1) is 0 Å². The van der Waals surface area contributed by atoms with Crippen LogP contribution in [-0.2, 0) is 16.1 Å². The SMILES string of the molecule is COC(=O)/C(=C\c1ccccc1)CN(Cc1ccccc1)c1ccccc1Br. The molecule has 28 heavy (non-hydrogen) atoms. The summed E-state index contributed by atoms with van der Waals surface area (Å²) in [4.78, 5) is 14.7. The van der Waals surface area contributed by atoms with E-state index < -0.39 is 0 Å². The van der Waals surface area contributed by atoms with E-state index in [1.165, 1.54) is 12.7 Å². The number of esters is 1. The van der Waals surface area contributed by atoms with Gasteiger partial charge in [0.15, 0.2) is 0 Å². The fraction of sp³-hybridized carbons (Fsp3) is 0.125. The maximum Gasteiger partial charge on any atom is 0.335 e. The van der Waals surface area contributed by atoms with E-state index in [2.05, 4.69) is 33.0 Å². The summed E-state index contributed by atoms with van der Waals surface area (Å²) in [6.07, 6.45) is 1.89. The lowest BCUT2D eigenvalue weighted by molar-refractivity contribution is -0.136. The molecule has 0 atom stereocenters. The lowest BCUT2D eigenvalue weighted by atomic mass is 10.1. The van der Waals surface area contributed by atoms with Gasteiger partial charge in [0, 0.05) is 11.0 Å². The molecule has 3 aromatic carbocycles. The van der Waals surface area contributed by atoms with Crippen LogP contribution in [0, 0.1) is 0 Å². The van der Waals surface area contributed by atoms with E-state index in [9.17, 15) is 4.79 Å². The molecule has 3 nitrogen and oxygen atoms in total. The molecule has 4 heteroatoms. The van der Waals surface area contributed by atoms with Crippen LogP contribution >= 0.6 is 15.9 Å². The van der Waals surface area contributed by atoms with Crippen LogP contribution in [0.5, 0.6) is 0 Å². The highest BCUT2D eigenvalue weighted by atomic mass is 79.9. The first-order chi connectivity index (χ1) is 13.7. The number of anilines is 1. The normalized spacial score (nSPS) is 11.1. The number of carbonyl (C=O) groups is 1. The number of halogens is 1. The molecule has 0 spiro atoms. The highest BCUT2D eigenvalue weighted by Crippen LogP contribution is 2.28. The Morgan fingerprint density at radius 2 is 1.54 bits per heavy atom. The standard InChI is InChI=1S/C24H22BrNO2/c1-28-24(27)21(16-19-10-4-2-5-11-19)18-26(17-20-12-6-3-7-13-20)23-15-9-8-14-22(23)25/h2-16H,17-18H2,1H3/b21-16-. The minimum absolute atomic E-state index is 0.325. The zero-order valence-corrected chi connectivity index (χ0v) is 17.3. The summed E-state index contributed by atoms with van der Waals surface area (Å²) in [6, 6.07) is 28.1. The summed E-state index contributed by atoms with van der Waals surface area (Å²) in [7, 11) is 1.42. The van der Waals surface area contributed by atoms with Gasteiger partial charge in [-0.1, -0.05) is 72.8 Å². The molecule has 0 unspecified atom stereocenters. The van der Waals surface area contributed by atoms with Crippen LogP contribution in [0.3, 0.4) is 0 Å². The Kier molecular flexibility index (Phi) is 7.04.